The van der Waals surface area contributed by atoms with Crippen molar-refractivity contribution in [2.45, 2.75) is 58.3 Å². The van der Waals surface area contributed by atoms with Crippen molar-refractivity contribution in [1.29, 1.82) is 0 Å². The average molecular weight is 389 g/mol. The number of hydrogen-bond donors (Lipinski definition) is 0. The fourth-order valence-corrected chi connectivity index (χ4v) is 3.64. The Morgan fingerprint density at radius 1 is 1.04 bits per heavy atom. The van der Waals surface area contributed by atoms with Gasteiger partial charge >= 0.3 is 0 Å². The molecule has 4 heteroatoms. The Kier molecular flexibility index (Phi) is 8.90. The number of methoxy groups -OCH3 is 1. The molecule has 1 fully saturated rings. The first kappa shape index (κ1) is 22.8. The molecule has 0 radical (unpaired) electrons. The molecule has 1 unspecified atom stereocenters. The van der Waals surface area contributed by atoms with E-state index >= 15 is 0 Å². The van der Waals surface area contributed by atoms with Gasteiger partial charge < -0.3 is 9.47 Å². The van der Waals surface area contributed by atoms with E-state index in [0.29, 0.717) is 31.5 Å². The quantitative estimate of drug-likeness (QED) is 0.273. The van der Waals surface area contributed by atoms with Crippen LogP contribution in [0, 0.1) is 11.8 Å². The van der Waals surface area contributed by atoms with Crippen molar-refractivity contribution in [3.05, 3.63) is 54.1 Å². The van der Waals surface area contributed by atoms with Crippen LogP contribution in [0.5, 0.6) is 0 Å². The molecule has 0 N–H and O–H groups in total. The second kappa shape index (κ2) is 10.9. The van der Waals surface area contributed by atoms with Gasteiger partial charge in [-0.25, -0.2) is 9.78 Å². The summed E-state index contributed by atoms with van der Waals surface area (Å²) in [5.41, 5.74) is 0.901. The normalized spacial score (nSPS) is 27.6. The van der Waals surface area contributed by atoms with Gasteiger partial charge in [0.1, 0.15) is 5.60 Å². The molecule has 1 aromatic rings. The van der Waals surface area contributed by atoms with E-state index in [9.17, 15) is 0 Å². The predicted molar refractivity (Wildman–Crippen MR) is 114 cm³/mol. The van der Waals surface area contributed by atoms with Gasteiger partial charge in [-0.15, -0.1) is 0 Å². The molecule has 1 aliphatic rings. The van der Waals surface area contributed by atoms with Gasteiger partial charge in [0.2, 0.25) is 5.79 Å². The monoisotopic (exact) mass is 388 g/mol. The van der Waals surface area contributed by atoms with Crippen molar-refractivity contribution in [3.63, 3.8) is 0 Å². The van der Waals surface area contributed by atoms with Crippen LogP contribution in [0.15, 0.2) is 48.6 Å². The van der Waals surface area contributed by atoms with Crippen LogP contribution >= 0.6 is 0 Å². The van der Waals surface area contributed by atoms with E-state index in [4.69, 9.17) is 19.2 Å². The molecule has 0 bridgehead atoms. The van der Waals surface area contributed by atoms with Crippen molar-refractivity contribution in [2.24, 2.45) is 11.8 Å². The Hall–Kier alpha value is -1.46. The summed E-state index contributed by atoms with van der Waals surface area (Å²) in [5.74, 6) is 0.205. The third-order valence-electron chi connectivity index (χ3n) is 4.95. The Morgan fingerprint density at radius 2 is 1.79 bits per heavy atom. The third kappa shape index (κ3) is 7.88. The van der Waals surface area contributed by atoms with Crippen LogP contribution in [0.1, 0.15) is 52.5 Å². The summed E-state index contributed by atoms with van der Waals surface area (Å²) in [6.45, 7) is 9.52. The Labute approximate surface area is 170 Å². The molecule has 1 aromatic carbocycles. The molecule has 0 aromatic heterocycles. The summed E-state index contributed by atoms with van der Waals surface area (Å²) in [5, 5.41) is 0. The van der Waals surface area contributed by atoms with Gasteiger partial charge in [0, 0.05) is 13.5 Å². The molecule has 0 saturated carbocycles. The van der Waals surface area contributed by atoms with Crippen molar-refractivity contribution < 1.29 is 19.2 Å². The van der Waals surface area contributed by atoms with Gasteiger partial charge in [0.25, 0.3) is 0 Å². The molecule has 0 spiro atoms. The third-order valence-corrected chi connectivity index (χ3v) is 4.95. The topological polar surface area (TPSA) is 36.9 Å². The maximum atomic E-state index is 5.79. The Bertz CT molecular complexity index is 627. The molecule has 28 heavy (non-hydrogen) atoms. The Morgan fingerprint density at radius 3 is 2.50 bits per heavy atom. The lowest BCUT2D eigenvalue weighted by molar-refractivity contribution is -0.397. The highest BCUT2D eigenvalue weighted by Crippen LogP contribution is 2.40. The van der Waals surface area contributed by atoms with Crippen molar-refractivity contribution in [1.82, 2.24) is 0 Å². The van der Waals surface area contributed by atoms with Crippen LogP contribution in [0.3, 0.4) is 0 Å². The summed E-state index contributed by atoms with van der Waals surface area (Å²) < 4.78 is 10.8. The number of benzene rings is 1. The molecule has 1 aliphatic heterocycles. The molecule has 156 valence electrons. The zero-order chi connectivity index (χ0) is 20.5. The van der Waals surface area contributed by atoms with Crippen LogP contribution in [-0.4, -0.2) is 31.7 Å². The smallest absolute Gasteiger partial charge is 0.201 e. The van der Waals surface area contributed by atoms with Gasteiger partial charge in [-0.2, -0.15) is 0 Å². The molecule has 1 saturated heterocycles. The lowest BCUT2D eigenvalue weighted by Crippen LogP contribution is -2.32. The van der Waals surface area contributed by atoms with Gasteiger partial charge in [0.05, 0.1) is 13.2 Å². The molecule has 4 nitrogen and oxygen atoms in total. The van der Waals surface area contributed by atoms with Gasteiger partial charge in [0.15, 0.2) is 0 Å². The van der Waals surface area contributed by atoms with Gasteiger partial charge in [-0.05, 0) is 44.1 Å². The molecular formula is C24H36O4. The molecule has 4 atom stereocenters. The molecular weight excluding hydrogens is 352 g/mol. The number of ether oxygens (including phenoxy) is 2. The zero-order valence-corrected chi connectivity index (χ0v) is 18.0. The largest absolute Gasteiger partial charge is 0.382 e. The van der Waals surface area contributed by atoms with E-state index in [1.165, 1.54) is 5.56 Å². The van der Waals surface area contributed by atoms with E-state index < -0.39 is 5.79 Å². The highest BCUT2D eigenvalue weighted by Gasteiger charge is 2.47. The van der Waals surface area contributed by atoms with E-state index in [-0.39, 0.29) is 5.60 Å². The average Bonchev–Trinajstić information content (AvgIpc) is 2.96. The van der Waals surface area contributed by atoms with E-state index in [1.807, 2.05) is 13.0 Å². The lowest BCUT2D eigenvalue weighted by atomic mass is 9.87. The first-order valence-electron chi connectivity index (χ1n) is 10.2. The van der Waals surface area contributed by atoms with Crippen LogP contribution in [0.25, 0.3) is 6.08 Å². The fraction of sp³-hybridized carbons (Fsp3) is 0.583. The predicted octanol–water partition coefficient (Wildman–Crippen LogP) is 5.80. The standard InChI is InChI=1S/C24H36O4/c1-20(14-15-22-12-7-6-8-13-22)10-9-11-21(2)18-23(3)19-24(4,28-27-23)26-17-16-25-5/h6-9,11-15,20-21H,10,16-19H2,1-5H3/b11-9+,15-14+/t20-,21-,23+,24?/m0/s1. The second-order valence-corrected chi connectivity index (χ2v) is 8.36. The first-order valence-corrected chi connectivity index (χ1v) is 10.2. The number of rotatable bonds is 11. The van der Waals surface area contributed by atoms with E-state index in [0.717, 1.165) is 12.8 Å². The highest BCUT2D eigenvalue weighted by molar-refractivity contribution is 5.48. The van der Waals surface area contributed by atoms with Gasteiger partial charge in [-0.1, -0.05) is 68.5 Å². The highest BCUT2D eigenvalue weighted by atomic mass is 17.2. The summed E-state index contributed by atoms with van der Waals surface area (Å²) >= 11 is 0. The minimum Gasteiger partial charge on any atom is -0.382 e. The fourth-order valence-electron chi connectivity index (χ4n) is 3.64. The number of allylic oxidation sites excluding steroid dienone is 3. The zero-order valence-electron chi connectivity index (χ0n) is 18.0. The summed E-state index contributed by atoms with van der Waals surface area (Å²) in [6, 6.07) is 10.4. The molecule has 0 amide bonds. The van der Waals surface area contributed by atoms with Crippen LogP contribution in [0.2, 0.25) is 0 Å². The second-order valence-electron chi connectivity index (χ2n) is 8.36. The maximum Gasteiger partial charge on any atom is 0.201 e. The van der Waals surface area contributed by atoms with Crippen LogP contribution in [-0.2, 0) is 19.2 Å². The Balaban J connectivity index is 1.75. The molecule has 0 aliphatic carbocycles. The van der Waals surface area contributed by atoms with E-state index in [2.05, 4.69) is 69.3 Å². The minimum absolute atomic E-state index is 0.343. The summed E-state index contributed by atoms with van der Waals surface area (Å²) in [7, 11) is 1.66. The molecule has 1 heterocycles. The first-order chi connectivity index (χ1) is 13.3. The van der Waals surface area contributed by atoms with Crippen LogP contribution < -0.4 is 0 Å². The van der Waals surface area contributed by atoms with Crippen LogP contribution in [0.4, 0.5) is 0 Å². The van der Waals surface area contributed by atoms with Crippen molar-refractivity contribution in [3.8, 4) is 0 Å². The maximum absolute atomic E-state index is 5.79. The summed E-state index contributed by atoms with van der Waals surface area (Å²) in [4.78, 5) is 11.2. The van der Waals surface area contributed by atoms with Gasteiger partial charge in [-0.3, -0.25) is 0 Å². The SMILES string of the molecule is COCCOC1(C)C[C@@](C)(C[C@@H](C)/C=C/C[C@H](C)/C=C/c2ccccc2)OO1. The van der Waals surface area contributed by atoms with Crippen molar-refractivity contribution in [2.75, 3.05) is 20.3 Å². The lowest BCUT2D eigenvalue weighted by Gasteiger charge is -2.24. The van der Waals surface area contributed by atoms with Crippen molar-refractivity contribution >= 4 is 6.08 Å². The number of hydrogen-bond acceptors (Lipinski definition) is 4. The molecule has 2 rings (SSSR count). The summed E-state index contributed by atoms with van der Waals surface area (Å²) in [6.07, 6.45) is 11.6. The van der Waals surface area contributed by atoms with E-state index in [1.54, 1.807) is 7.11 Å². The minimum atomic E-state index is -0.701.